The smallest absolute Gasteiger partial charge is 0.152 e. The lowest BCUT2D eigenvalue weighted by atomic mass is 10.2. The Labute approximate surface area is 95.8 Å². The van der Waals surface area contributed by atoms with E-state index in [-0.39, 0.29) is 6.04 Å². The van der Waals surface area contributed by atoms with Gasteiger partial charge in [-0.05, 0) is 25.0 Å². The number of ether oxygens (including phenoxy) is 1. The van der Waals surface area contributed by atoms with Gasteiger partial charge in [-0.1, -0.05) is 18.5 Å². The molecule has 1 rings (SSSR count). The molecule has 0 amide bonds. The van der Waals surface area contributed by atoms with Crippen molar-refractivity contribution < 1.29 is 4.74 Å². The second-order valence-electron chi connectivity index (χ2n) is 3.50. The Hall–Kier alpha value is -0.800. The summed E-state index contributed by atoms with van der Waals surface area (Å²) in [4.78, 5) is 4.05. The third-order valence-corrected chi connectivity index (χ3v) is 2.61. The van der Waals surface area contributed by atoms with E-state index in [2.05, 4.69) is 17.2 Å². The molecule has 3 nitrogen and oxygen atoms in total. The number of methoxy groups -OCH3 is 1. The number of pyridine rings is 1. The average molecular weight is 229 g/mol. The molecule has 0 saturated heterocycles. The zero-order chi connectivity index (χ0) is 11.3. The summed E-state index contributed by atoms with van der Waals surface area (Å²) in [5.74, 6) is 0. The maximum Gasteiger partial charge on any atom is 0.152 e. The highest BCUT2D eigenvalue weighted by Gasteiger charge is 2.10. The molecule has 4 heteroatoms. The summed E-state index contributed by atoms with van der Waals surface area (Å²) in [7, 11) is 1.70. The molecule has 1 aromatic heterocycles. The molecule has 15 heavy (non-hydrogen) atoms. The standard InChI is InChI=1S/C11H17ClN2O/c1-4-9(7-15-3)14-10-8(2)5-6-13-11(10)12/h5-6,9,14H,4,7H2,1-3H3. The third-order valence-electron chi connectivity index (χ3n) is 2.32. The Bertz CT molecular complexity index is 297. The number of hydrogen-bond donors (Lipinski definition) is 1. The van der Waals surface area contributed by atoms with E-state index in [0.29, 0.717) is 11.8 Å². The quantitative estimate of drug-likeness (QED) is 0.787. The van der Waals surface area contributed by atoms with Gasteiger partial charge in [0, 0.05) is 19.3 Å². The second-order valence-corrected chi connectivity index (χ2v) is 3.86. The number of nitrogens with one attached hydrogen (secondary N) is 1. The number of aromatic nitrogens is 1. The van der Waals surface area contributed by atoms with E-state index in [1.54, 1.807) is 13.3 Å². The fraction of sp³-hybridized carbons (Fsp3) is 0.545. The van der Waals surface area contributed by atoms with Crippen molar-refractivity contribution in [1.29, 1.82) is 0 Å². The van der Waals surface area contributed by atoms with Crippen LogP contribution in [0.15, 0.2) is 12.3 Å². The van der Waals surface area contributed by atoms with Gasteiger partial charge in [-0.2, -0.15) is 0 Å². The van der Waals surface area contributed by atoms with E-state index in [0.717, 1.165) is 17.7 Å². The first-order valence-electron chi connectivity index (χ1n) is 5.05. The SMILES string of the molecule is CCC(COC)Nc1c(C)ccnc1Cl. The Kier molecular flexibility index (Phi) is 4.85. The Balaban J connectivity index is 2.78. The van der Waals surface area contributed by atoms with Crippen molar-refractivity contribution >= 4 is 17.3 Å². The summed E-state index contributed by atoms with van der Waals surface area (Å²) < 4.78 is 5.12. The molecule has 0 aliphatic rings. The van der Waals surface area contributed by atoms with Gasteiger partial charge in [0.25, 0.3) is 0 Å². The molecule has 0 saturated carbocycles. The van der Waals surface area contributed by atoms with Crippen LogP contribution in [0, 0.1) is 6.92 Å². The van der Waals surface area contributed by atoms with Crippen LogP contribution in [0.25, 0.3) is 0 Å². The van der Waals surface area contributed by atoms with E-state index in [9.17, 15) is 0 Å². The largest absolute Gasteiger partial charge is 0.383 e. The highest BCUT2D eigenvalue weighted by molar-refractivity contribution is 6.32. The molecule has 1 N–H and O–H groups in total. The monoisotopic (exact) mass is 228 g/mol. The lowest BCUT2D eigenvalue weighted by Gasteiger charge is -2.19. The first-order valence-corrected chi connectivity index (χ1v) is 5.43. The molecule has 0 aromatic carbocycles. The minimum absolute atomic E-state index is 0.274. The number of nitrogens with zero attached hydrogens (tertiary/aromatic N) is 1. The summed E-state index contributed by atoms with van der Waals surface area (Å²) in [6.45, 7) is 4.78. The fourth-order valence-corrected chi connectivity index (χ4v) is 1.63. The zero-order valence-corrected chi connectivity index (χ0v) is 10.1. The first-order chi connectivity index (χ1) is 7.19. The van der Waals surface area contributed by atoms with Gasteiger partial charge in [0.05, 0.1) is 12.3 Å². The predicted molar refractivity (Wildman–Crippen MR) is 63.6 cm³/mol. The summed E-state index contributed by atoms with van der Waals surface area (Å²) in [6, 6.07) is 2.21. The maximum atomic E-state index is 6.02. The van der Waals surface area contributed by atoms with Crippen LogP contribution in [0.3, 0.4) is 0 Å². The van der Waals surface area contributed by atoms with Crippen molar-refractivity contribution in [3.63, 3.8) is 0 Å². The highest BCUT2D eigenvalue weighted by atomic mass is 35.5. The molecule has 0 radical (unpaired) electrons. The van der Waals surface area contributed by atoms with E-state index in [4.69, 9.17) is 16.3 Å². The summed E-state index contributed by atoms with van der Waals surface area (Å²) in [6.07, 6.45) is 2.69. The third kappa shape index (κ3) is 3.36. The molecular formula is C11H17ClN2O. The first kappa shape index (κ1) is 12.3. The highest BCUT2D eigenvalue weighted by Crippen LogP contribution is 2.23. The van der Waals surface area contributed by atoms with Gasteiger partial charge in [-0.15, -0.1) is 0 Å². The van der Waals surface area contributed by atoms with Crippen molar-refractivity contribution in [1.82, 2.24) is 4.98 Å². The van der Waals surface area contributed by atoms with Crippen LogP contribution in [0.1, 0.15) is 18.9 Å². The van der Waals surface area contributed by atoms with Gasteiger partial charge < -0.3 is 10.1 Å². The summed E-state index contributed by atoms with van der Waals surface area (Å²) in [5, 5.41) is 3.86. The average Bonchev–Trinajstić information content (AvgIpc) is 2.22. The van der Waals surface area contributed by atoms with Gasteiger partial charge >= 0.3 is 0 Å². The minimum atomic E-state index is 0.274. The normalized spacial score (nSPS) is 12.5. The van der Waals surface area contributed by atoms with Gasteiger partial charge in [0.15, 0.2) is 5.15 Å². The van der Waals surface area contributed by atoms with Crippen molar-refractivity contribution in [2.45, 2.75) is 26.3 Å². The molecule has 0 aliphatic carbocycles. The molecule has 0 bridgehead atoms. The lowest BCUT2D eigenvalue weighted by molar-refractivity contribution is 0.184. The number of anilines is 1. The van der Waals surface area contributed by atoms with Crippen molar-refractivity contribution in [2.24, 2.45) is 0 Å². The number of hydrogen-bond acceptors (Lipinski definition) is 3. The number of rotatable bonds is 5. The zero-order valence-electron chi connectivity index (χ0n) is 9.38. The molecule has 1 heterocycles. The molecule has 1 atom stereocenters. The summed E-state index contributed by atoms with van der Waals surface area (Å²) in [5.41, 5.74) is 2.01. The minimum Gasteiger partial charge on any atom is -0.383 e. The van der Waals surface area contributed by atoms with Gasteiger partial charge in [-0.3, -0.25) is 0 Å². The second kappa shape index (κ2) is 5.93. The number of halogens is 1. The molecule has 1 unspecified atom stereocenters. The van der Waals surface area contributed by atoms with E-state index >= 15 is 0 Å². The Morgan fingerprint density at radius 1 is 1.60 bits per heavy atom. The van der Waals surface area contributed by atoms with Gasteiger partial charge in [-0.25, -0.2) is 4.98 Å². The van der Waals surface area contributed by atoms with Crippen LogP contribution in [-0.4, -0.2) is 24.7 Å². The fourth-order valence-electron chi connectivity index (χ4n) is 1.37. The Morgan fingerprint density at radius 3 is 2.87 bits per heavy atom. The number of aryl methyl sites for hydroxylation is 1. The predicted octanol–water partition coefficient (Wildman–Crippen LogP) is 2.88. The van der Waals surface area contributed by atoms with E-state index < -0.39 is 0 Å². The van der Waals surface area contributed by atoms with Crippen LogP contribution in [0.4, 0.5) is 5.69 Å². The molecule has 0 fully saturated rings. The van der Waals surface area contributed by atoms with Gasteiger partial charge in [0.1, 0.15) is 0 Å². The lowest BCUT2D eigenvalue weighted by Crippen LogP contribution is -2.24. The molecule has 84 valence electrons. The van der Waals surface area contributed by atoms with Crippen molar-refractivity contribution in [3.05, 3.63) is 23.0 Å². The van der Waals surface area contributed by atoms with Crippen LogP contribution in [0.5, 0.6) is 0 Å². The maximum absolute atomic E-state index is 6.02. The van der Waals surface area contributed by atoms with Gasteiger partial charge in [0.2, 0.25) is 0 Å². The molecule has 0 spiro atoms. The van der Waals surface area contributed by atoms with Crippen LogP contribution in [-0.2, 0) is 4.74 Å². The molecule has 0 aliphatic heterocycles. The van der Waals surface area contributed by atoms with Crippen LogP contribution < -0.4 is 5.32 Å². The van der Waals surface area contributed by atoms with E-state index in [1.165, 1.54) is 0 Å². The van der Waals surface area contributed by atoms with Crippen LogP contribution in [0.2, 0.25) is 5.15 Å². The topological polar surface area (TPSA) is 34.1 Å². The molecular weight excluding hydrogens is 212 g/mol. The van der Waals surface area contributed by atoms with Crippen LogP contribution >= 0.6 is 11.6 Å². The summed E-state index contributed by atoms with van der Waals surface area (Å²) >= 11 is 6.02. The Morgan fingerprint density at radius 2 is 2.33 bits per heavy atom. The van der Waals surface area contributed by atoms with Crippen molar-refractivity contribution in [3.8, 4) is 0 Å². The van der Waals surface area contributed by atoms with Crippen molar-refractivity contribution in [2.75, 3.05) is 19.0 Å². The van der Waals surface area contributed by atoms with E-state index in [1.807, 2.05) is 13.0 Å². The molecule has 1 aromatic rings.